The van der Waals surface area contributed by atoms with Crippen molar-refractivity contribution in [3.8, 4) is 5.75 Å². The normalized spacial score (nSPS) is 14.5. The zero-order valence-corrected chi connectivity index (χ0v) is 10.1. The van der Waals surface area contributed by atoms with Gasteiger partial charge in [0.25, 0.3) is 0 Å². The molecule has 0 aliphatic rings. The minimum absolute atomic E-state index is 0.173. The molecule has 96 valence electrons. The Morgan fingerprint density at radius 3 is 1.88 bits per heavy atom. The first-order valence-corrected chi connectivity index (χ1v) is 5.34. The molecule has 0 N–H and O–H groups in total. The summed E-state index contributed by atoms with van der Waals surface area (Å²) in [5, 5.41) is 0. The van der Waals surface area contributed by atoms with Gasteiger partial charge in [-0.1, -0.05) is 28.1 Å². The summed E-state index contributed by atoms with van der Waals surface area (Å²) in [5.41, 5.74) is -0.173. The predicted octanol–water partition coefficient (Wildman–Crippen LogP) is 4.33. The SMILES string of the molecule is COc1ccc(C(Br)C(F)(F)C(F)(F)F)cc1. The molecular weight excluding hydrogens is 311 g/mol. The molecule has 1 nitrogen and oxygen atoms in total. The number of methoxy groups -OCH3 is 1. The highest BCUT2D eigenvalue weighted by Crippen LogP contribution is 2.48. The topological polar surface area (TPSA) is 9.23 Å². The molecule has 0 heterocycles. The van der Waals surface area contributed by atoms with Crippen LogP contribution in [-0.4, -0.2) is 19.2 Å². The standard InChI is InChI=1S/C10H8BrF5O/c1-17-7-4-2-6(3-5-7)8(11)9(12,13)10(14,15)16/h2-5,8H,1H3. The van der Waals surface area contributed by atoms with Crippen molar-refractivity contribution in [2.24, 2.45) is 0 Å². The Kier molecular flexibility index (Phi) is 4.01. The van der Waals surface area contributed by atoms with Crippen LogP contribution in [0, 0.1) is 0 Å². The third-order valence-electron chi connectivity index (χ3n) is 2.10. The van der Waals surface area contributed by atoms with Crippen LogP contribution >= 0.6 is 15.9 Å². The van der Waals surface area contributed by atoms with E-state index in [1.54, 1.807) is 0 Å². The van der Waals surface area contributed by atoms with Crippen LogP contribution < -0.4 is 4.74 Å². The quantitative estimate of drug-likeness (QED) is 0.595. The average Bonchev–Trinajstić information content (AvgIpc) is 2.26. The Morgan fingerprint density at radius 2 is 1.53 bits per heavy atom. The first-order valence-electron chi connectivity index (χ1n) is 4.42. The molecule has 0 bridgehead atoms. The average molecular weight is 319 g/mol. The summed E-state index contributed by atoms with van der Waals surface area (Å²) in [6.45, 7) is 0. The van der Waals surface area contributed by atoms with E-state index >= 15 is 0 Å². The Morgan fingerprint density at radius 1 is 1.06 bits per heavy atom. The van der Waals surface area contributed by atoms with E-state index in [2.05, 4.69) is 15.9 Å². The summed E-state index contributed by atoms with van der Waals surface area (Å²) >= 11 is 2.38. The molecule has 0 aliphatic heterocycles. The van der Waals surface area contributed by atoms with Crippen LogP contribution in [0.3, 0.4) is 0 Å². The Bertz CT molecular complexity index is 373. The minimum atomic E-state index is -5.60. The Balaban J connectivity index is 2.99. The number of hydrogen-bond acceptors (Lipinski definition) is 1. The molecule has 1 rings (SSSR count). The lowest BCUT2D eigenvalue weighted by atomic mass is 10.1. The van der Waals surface area contributed by atoms with E-state index in [0.717, 1.165) is 12.1 Å². The van der Waals surface area contributed by atoms with E-state index in [1.807, 2.05) is 0 Å². The van der Waals surface area contributed by atoms with E-state index < -0.39 is 16.9 Å². The molecule has 17 heavy (non-hydrogen) atoms. The lowest BCUT2D eigenvalue weighted by molar-refractivity contribution is -0.281. The maximum absolute atomic E-state index is 13.0. The number of benzene rings is 1. The second-order valence-corrected chi connectivity index (χ2v) is 4.17. The van der Waals surface area contributed by atoms with Crippen LogP contribution in [0.5, 0.6) is 5.75 Å². The van der Waals surface area contributed by atoms with Gasteiger partial charge in [-0.15, -0.1) is 0 Å². The van der Waals surface area contributed by atoms with Crippen LogP contribution in [-0.2, 0) is 0 Å². The summed E-state index contributed by atoms with van der Waals surface area (Å²) in [6, 6.07) is 4.93. The smallest absolute Gasteiger partial charge is 0.454 e. The van der Waals surface area contributed by atoms with Crippen molar-refractivity contribution in [1.29, 1.82) is 0 Å². The van der Waals surface area contributed by atoms with Crippen molar-refractivity contribution in [2.75, 3.05) is 7.11 Å². The van der Waals surface area contributed by atoms with Crippen molar-refractivity contribution in [1.82, 2.24) is 0 Å². The van der Waals surface area contributed by atoms with Crippen LogP contribution in [0.4, 0.5) is 22.0 Å². The van der Waals surface area contributed by atoms with E-state index in [9.17, 15) is 22.0 Å². The number of hydrogen-bond donors (Lipinski definition) is 0. The summed E-state index contributed by atoms with van der Waals surface area (Å²) in [6.07, 6.45) is -5.60. The van der Waals surface area contributed by atoms with Gasteiger partial charge in [-0.05, 0) is 17.7 Å². The summed E-state index contributed by atoms with van der Waals surface area (Å²) < 4.78 is 67.1. The maximum Gasteiger partial charge on any atom is 0.454 e. The molecule has 0 aromatic heterocycles. The van der Waals surface area contributed by atoms with Gasteiger partial charge in [-0.3, -0.25) is 0 Å². The second kappa shape index (κ2) is 4.80. The van der Waals surface area contributed by atoms with E-state index in [-0.39, 0.29) is 5.56 Å². The van der Waals surface area contributed by atoms with Gasteiger partial charge in [0.2, 0.25) is 0 Å². The summed E-state index contributed by atoms with van der Waals surface area (Å²) in [4.78, 5) is -2.12. The van der Waals surface area contributed by atoms with Crippen molar-refractivity contribution in [2.45, 2.75) is 16.9 Å². The summed E-state index contributed by atoms with van der Waals surface area (Å²) in [7, 11) is 1.37. The molecule has 1 unspecified atom stereocenters. The zero-order valence-electron chi connectivity index (χ0n) is 8.56. The number of alkyl halides is 6. The lowest BCUT2D eigenvalue weighted by Crippen LogP contribution is -2.39. The molecule has 1 aromatic carbocycles. The molecule has 1 aromatic rings. The fourth-order valence-corrected chi connectivity index (χ4v) is 1.69. The molecule has 0 saturated heterocycles. The number of rotatable bonds is 3. The molecule has 7 heteroatoms. The molecule has 0 fully saturated rings. The Labute approximate surface area is 103 Å². The third kappa shape index (κ3) is 2.88. The van der Waals surface area contributed by atoms with Crippen molar-refractivity contribution in [3.63, 3.8) is 0 Å². The van der Waals surface area contributed by atoms with Gasteiger partial charge in [0.1, 0.15) is 10.6 Å². The molecule has 0 spiro atoms. The van der Waals surface area contributed by atoms with Crippen LogP contribution in [0.25, 0.3) is 0 Å². The molecule has 1 atom stereocenters. The van der Waals surface area contributed by atoms with Gasteiger partial charge in [0, 0.05) is 0 Å². The van der Waals surface area contributed by atoms with Crippen molar-refractivity contribution in [3.05, 3.63) is 29.8 Å². The number of ether oxygens (including phenoxy) is 1. The maximum atomic E-state index is 13.0. The highest BCUT2D eigenvalue weighted by Gasteiger charge is 2.62. The van der Waals surface area contributed by atoms with Gasteiger partial charge in [-0.25, -0.2) is 0 Å². The molecule has 0 radical (unpaired) electrons. The van der Waals surface area contributed by atoms with E-state index in [4.69, 9.17) is 4.74 Å². The minimum Gasteiger partial charge on any atom is -0.497 e. The first-order chi connectivity index (χ1) is 7.70. The fraction of sp³-hybridized carbons (Fsp3) is 0.400. The first kappa shape index (κ1) is 14.2. The zero-order chi connectivity index (χ0) is 13.3. The Hall–Kier alpha value is -0.850. The van der Waals surface area contributed by atoms with Crippen LogP contribution in [0.1, 0.15) is 10.4 Å². The van der Waals surface area contributed by atoms with Gasteiger partial charge >= 0.3 is 12.1 Å². The molecule has 0 aliphatic carbocycles. The highest BCUT2D eigenvalue weighted by atomic mass is 79.9. The van der Waals surface area contributed by atoms with Gasteiger partial charge < -0.3 is 4.74 Å². The van der Waals surface area contributed by atoms with E-state index in [1.165, 1.54) is 19.2 Å². The number of halogens is 6. The monoisotopic (exact) mass is 318 g/mol. The molecular formula is C10H8BrF5O. The highest BCUT2D eigenvalue weighted by molar-refractivity contribution is 9.09. The molecule has 0 amide bonds. The van der Waals surface area contributed by atoms with Gasteiger partial charge in [0.15, 0.2) is 0 Å². The fourth-order valence-electron chi connectivity index (χ4n) is 1.13. The second-order valence-electron chi connectivity index (χ2n) is 3.26. The van der Waals surface area contributed by atoms with Crippen molar-refractivity contribution < 1.29 is 26.7 Å². The van der Waals surface area contributed by atoms with Crippen LogP contribution in [0.15, 0.2) is 24.3 Å². The van der Waals surface area contributed by atoms with Gasteiger partial charge in [-0.2, -0.15) is 22.0 Å². The van der Waals surface area contributed by atoms with E-state index in [0.29, 0.717) is 5.75 Å². The third-order valence-corrected chi connectivity index (χ3v) is 3.21. The molecule has 0 saturated carbocycles. The van der Waals surface area contributed by atoms with Gasteiger partial charge in [0.05, 0.1) is 7.11 Å². The summed E-state index contributed by atoms with van der Waals surface area (Å²) in [5.74, 6) is -4.45. The van der Waals surface area contributed by atoms with Crippen molar-refractivity contribution >= 4 is 15.9 Å². The van der Waals surface area contributed by atoms with Crippen LogP contribution in [0.2, 0.25) is 0 Å². The predicted molar refractivity (Wildman–Crippen MR) is 55.7 cm³/mol. The lowest BCUT2D eigenvalue weighted by Gasteiger charge is -2.24. The largest absolute Gasteiger partial charge is 0.497 e.